The van der Waals surface area contributed by atoms with Gasteiger partial charge >= 0.3 is 6.18 Å². The summed E-state index contributed by atoms with van der Waals surface area (Å²) in [4.78, 5) is 3.42. The van der Waals surface area contributed by atoms with Gasteiger partial charge in [0, 0.05) is 16.4 Å². The lowest BCUT2D eigenvalue weighted by atomic mass is 10.2. The van der Waals surface area contributed by atoms with Gasteiger partial charge in [-0.05, 0) is 46.3 Å². The number of anilines is 2. The zero-order valence-electron chi connectivity index (χ0n) is 10.7. The highest BCUT2D eigenvalue weighted by molar-refractivity contribution is 9.10. The molecule has 0 radical (unpaired) electrons. The Bertz CT molecular complexity index is 792. The van der Waals surface area contributed by atoms with E-state index in [1.807, 2.05) is 0 Å². The number of alkyl halides is 3. The highest BCUT2D eigenvalue weighted by atomic mass is 79.9. The van der Waals surface area contributed by atoms with E-state index in [0.717, 1.165) is 24.3 Å². The largest absolute Gasteiger partial charge is 0.416 e. The lowest BCUT2D eigenvalue weighted by Crippen LogP contribution is -2.15. The van der Waals surface area contributed by atoms with E-state index in [9.17, 15) is 21.6 Å². The summed E-state index contributed by atoms with van der Waals surface area (Å²) in [5, 5.41) is 0. The highest BCUT2D eigenvalue weighted by Gasteiger charge is 2.30. The minimum Gasteiger partial charge on any atom is -0.383 e. The summed E-state index contributed by atoms with van der Waals surface area (Å²) < 4.78 is 64.3. The van der Waals surface area contributed by atoms with Gasteiger partial charge in [0.2, 0.25) is 0 Å². The lowest BCUT2D eigenvalue weighted by Gasteiger charge is -2.11. The summed E-state index contributed by atoms with van der Waals surface area (Å²) in [7, 11) is -4.06. The van der Waals surface area contributed by atoms with Crippen molar-refractivity contribution in [3.63, 3.8) is 0 Å². The molecule has 0 bridgehead atoms. The van der Waals surface area contributed by atoms with Gasteiger partial charge < -0.3 is 5.73 Å². The Hall–Kier alpha value is -1.81. The number of hydrogen-bond acceptors (Lipinski definition) is 4. The number of pyridine rings is 1. The van der Waals surface area contributed by atoms with Crippen molar-refractivity contribution in [3.05, 3.63) is 46.6 Å². The fourth-order valence-electron chi connectivity index (χ4n) is 1.58. The van der Waals surface area contributed by atoms with Crippen LogP contribution in [-0.4, -0.2) is 13.4 Å². The summed E-state index contributed by atoms with van der Waals surface area (Å²) in [6.45, 7) is 0. The number of nitrogens with two attached hydrogens (primary N) is 1. The zero-order chi connectivity index (χ0) is 16.5. The first-order valence-corrected chi connectivity index (χ1v) is 7.98. The number of hydrogen-bond donors (Lipinski definition) is 2. The number of nitrogen functional groups attached to an aromatic ring is 1. The molecule has 0 spiro atoms. The zero-order valence-corrected chi connectivity index (χ0v) is 13.1. The Balaban J connectivity index is 2.31. The monoisotopic (exact) mass is 395 g/mol. The molecule has 1 aromatic heterocycles. The van der Waals surface area contributed by atoms with Gasteiger partial charge in [-0.2, -0.15) is 13.2 Å². The topological polar surface area (TPSA) is 85.1 Å². The van der Waals surface area contributed by atoms with Gasteiger partial charge in [0.1, 0.15) is 10.7 Å². The average Bonchev–Trinajstić information content (AvgIpc) is 2.40. The second kappa shape index (κ2) is 5.76. The van der Waals surface area contributed by atoms with E-state index in [0.29, 0.717) is 4.47 Å². The number of nitrogens with one attached hydrogen (secondary N) is 1. The van der Waals surface area contributed by atoms with Crippen LogP contribution in [0.25, 0.3) is 0 Å². The van der Waals surface area contributed by atoms with Crippen LogP contribution in [0.15, 0.2) is 45.9 Å². The molecule has 2 rings (SSSR count). The predicted molar refractivity (Wildman–Crippen MR) is 78.6 cm³/mol. The third kappa shape index (κ3) is 3.69. The minimum absolute atomic E-state index is 0.0209. The maximum absolute atomic E-state index is 12.5. The molecule has 0 aliphatic heterocycles. The number of nitrogens with zero attached hydrogens (tertiary/aromatic N) is 1. The van der Waals surface area contributed by atoms with Crippen molar-refractivity contribution >= 4 is 37.5 Å². The SMILES string of the molecule is Nc1ncc(Br)cc1S(=O)(=O)Nc1ccc(C(F)(F)F)cc1. The van der Waals surface area contributed by atoms with E-state index in [2.05, 4.69) is 25.6 Å². The first-order chi connectivity index (χ1) is 10.1. The molecule has 0 aliphatic carbocycles. The van der Waals surface area contributed by atoms with Crippen LogP contribution in [0.4, 0.5) is 24.7 Å². The van der Waals surface area contributed by atoms with E-state index in [1.54, 1.807) is 0 Å². The molecule has 0 unspecified atom stereocenters. The van der Waals surface area contributed by atoms with Gasteiger partial charge in [-0.3, -0.25) is 4.72 Å². The quantitative estimate of drug-likeness (QED) is 0.834. The number of aromatic nitrogens is 1. The number of benzene rings is 1. The van der Waals surface area contributed by atoms with Crippen LogP contribution in [0.1, 0.15) is 5.56 Å². The van der Waals surface area contributed by atoms with Crippen molar-refractivity contribution < 1.29 is 21.6 Å². The second-order valence-electron chi connectivity index (χ2n) is 4.22. The Morgan fingerprint density at radius 2 is 1.77 bits per heavy atom. The van der Waals surface area contributed by atoms with E-state index in [-0.39, 0.29) is 16.4 Å². The Morgan fingerprint density at radius 3 is 2.32 bits per heavy atom. The van der Waals surface area contributed by atoms with Crippen molar-refractivity contribution in [3.8, 4) is 0 Å². The van der Waals surface area contributed by atoms with Crippen LogP contribution < -0.4 is 10.5 Å². The summed E-state index contributed by atoms with van der Waals surface area (Å²) in [5.74, 6) is -0.220. The van der Waals surface area contributed by atoms with Gasteiger partial charge in [-0.15, -0.1) is 0 Å². The lowest BCUT2D eigenvalue weighted by molar-refractivity contribution is -0.137. The predicted octanol–water partition coefficient (Wildman–Crippen LogP) is 3.25. The molecule has 0 saturated carbocycles. The molecular formula is C12H9BrF3N3O2S. The van der Waals surface area contributed by atoms with Crippen molar-refractivity contribution in [2.75, 3.05) is 10.5 Å². The number of rotatable bonds is 3. The second-order valence-corrected chi connectivity index (χ2v) is 6.78. The maximum Gasteiger partial charge on any atom is 0.416 e. The van der Waals surface area contributed by atoms with Crippen molar-refractivity contribution in [1.29, 1.82) is 0 Å². The van der Waals surface area contributed by atoms with Gasteiger partial charge in [0.25, 0.3) is 10.0 Å². The molecule has 0 amide bonds. The van der Waals surface area contributed by atoms with E-state index >= 15 is 0 Å². The van der Waals surface area contributed by atoms with Crippen molar-refractivity contribution in [2.45, 2.75) is 11.1 Å². The Kier molecular flexibility index (Phi) is 4.34. The molecular weight excluding hydrogens is 387 g/mol. The molecule has 5 nitrogen and oxygen atoms in total. The Labute approximate surface area is 132 Å². The van der Waals surface area contributed by atoms with Crippen molar-refractivity contribution in [2.24, 2.45) is 0 Å². The molecule has 0 atom stereocenters. The van der Waals surface area contributed by atoms with E-state index in [1.165, 1.54) is 12.3 Å². The molecule has 3 N–H and O–H groups in total. The van der Waals surface area contributed by atoms with E-state index < -0.39 is 21.8 Å². The fraction of sp³-hybridized carbons (Fsp3) is 0.0833. The molecule has 1 aromatic carbocycles. The average molecular weight is 396 g/mol. The number of sulfonamides is 1. The van der Waals surface area contributed by atoms with Gasteiger partial charge in [-0.1, -0.05) is 0 Å². The van der Waals surface area contributed by atoms with Crippen molar-refractivity contribution in [1.82, 2.24) is 4.98 Å². The molecule has 2 aromatic rings. The smallest absolute Gasteiger partial charge is 0.383 e. The molecule has 22 heavy (non-hydrogen) atoms. The first-order valence-electron chi connectivity index (χ1n) is 5.71. The minimum atomic E-state index is -4.49. The van der Waals surface area contributed by atoms with Crippen LogP contribution in [0, 0.1) is 0 Å². The molecule has 0 aliphatic rings. The van der Waals surface area contributed by atoms with Crippen LogP contribution >= 0.6 is 15.9 Å². The molecule has 10 heteroatoms. The third-order valence-corrected chi connectivity index (χ3v) is 4.45. The number of halogens is 4. The maximum atomic E-state index is 12.5. The van der Waals surface area contributed by atoms with Crippen LogP contribution in [0.3, 0.4) is 0 Å². The summed E-state index contributed by atoms with van der Waals surface area (Å²) in [6.07, 6.45) is -3.16. The standard InChI is InChI=1S/C12H9BrF3N3O2S/c13-8-5-10(11(17)18-6-8)22(20,21)19-9-3-1-7(2-4-9)12(14,15)16/h1-6,19H,(H2,17,18). The Morgan fingerprint density at radius 1 is 1.18 bits per heavy atom. The van der Waals surface area contributed by atoms with E-state index in [4.69, 9.17) is 5.73 Å². The normalized spacial score (nSPS) is 12.2. The molecule has 0 fully saturated rings. The van der Waals surface area contributed by atoms with Crippen LogP contribution in [0.2, 0.25) is 0 Å². The molecule has 118 valence electrons. The highest BCUT2D eigenvalue weighted by Crippen LogP contribution is 2.30. The fourth-order valence-corrected chi connectivity index (χ4v) is 3.23. The summed E-state index contributed by atoms with van der Waals surface area (Å²) in [6, 6.07) is 4.83. The molecule has 0 saturated heterocycles. The molecule has 1 heterocycles. The summed E-state index contributed by atoms with van der Waals surface area (Å²) >= 11 is 3.07. The van der Waals surface area contributed by atoms with Gasteiger partial charge in [-0.25, -0.2) is 13.4 Å². The van der Waals surface area contributed by atoms with Gasteiger partial charge in [0.05, 0.1) is 5.56 Å². The van der Waals surface area contributed by atoms with Gasteiger partial charge in [0.15, 0.2) is 0 Å². The summed E-state index contributed by atoms with van der Waals surface area (Å²) in [5.41, 5.74) is 4.61. The first kappa shape index (κ1) is 16.6. The third-order valence-electron chi connectivity index (χ3n) is 2.60. The van der Waals surface area contributed by atoms with Crippen LogP contribution in [0.5, 0.6) is 0 Å². The van der Waals surface area contributed by atoms with Crippen LogP contribution in [-0.2, 0) is 16.2 Å².